The van der Waals surface area contributed by atoms with E-state index in [0.717, 1.165) is 27.7 Å². The summed E-state index contributed by atoms with van der Waals surface area (Å²) < 4.78 is 0. The smallest absolute Gasteiger partial charge is 0.132 e. The minimum absolute atomic E-state index is 0.446. The van der Waals surface area contributed by atoms with E-state index < -0.39 is 0 Å². The summed E-state index contributed by atoms with van der Waals surface area (Å²) in [4.78, 5) is 8.74. The maximum absolute atomic E-state index is 5.84. The third-order valence-electron chi connectivity index (χ3n) is 2.60. The van der Waals surface area contributed by atoms with Crippen LogP contribution in [-0.4, -0.2) is 9.97 Å². The van der Waals surface area contributed by atoms with Crippen LogP contribution in [0.4, 0.5) is 0 Å². The van der Waals surface area contributed by atoms with Gasteiger partial charge in [0.25, 0.3) is 0 Å². The van der Waals surface area contributed by atoms with Gasteiger partial charge in [0, 0.05) is 24.2 Å². The average Bonchev–Trinajstić information content (AvgIpc) is 2.34. The second kappa shape index (κ2) is 5.25. The molecule has 4 heteroatoms. The summed E-state index contributed by atoms with van der Waals surface area (Å²) in [5.74, 6) is 0.790. The largest absolute Gasteiger partial charge is 0.325 e. The molecule has 88 valence electrons. The Bertz CT molecular complexity index is 509. The fourth-order valence-electron chi connectivity index (χ4n) is 1.60. The Morgan fingerprint density at radius 2 is 1.94 bits per heavy atom. The van der Waals surface area contributed by atoms with E-state index in [1.165, 1.54) is 0 Å². The Balaban J connectivity index is 2.21. The Labute approximate surface area is 106 Å². The number of halogens is 1. The molecule has 0 aliphatic heterocycles. The van der Waals surface area contributed by atoms with E-state index in [9.17, 15) is 0 Å². The number of benzene rings is 1. The van der Waals surface area contributed by atoms with Gasteiger partial charge in [-0.2, -0.15) is 0 Å². The molecular weight excluding hydrogens is 234 g/mol. The summed E-state index contributed by atoms with van der Waals surface area (Å²) in [5.41, 5.74) is 8.71. The van der Waals surface area contributed by atoms with Crippen LogP contribution in [0.3, 0.4) is 0 Å². The first-order chi connectivity index (χ1) is 8.19. The first-order valence-corrected chi connectivity index (χ1v) is 5.82. The summed E-state index contributed by atoms with van der Waals surface area (Å²) in [6.07, 6.45) is 2.52. The van der Waals surface area contributed by atoms with Gasteiger partial charge in [0.1, 0.15) is 5.82 Å². The van der Waals surface area contributed by atoms with Crippen LogP contribution in [0, 0.1) is 6.92 Å². The van der Waals surface area contributed by atoms with Crippen LogP contribution < -0.4 is 5.73 Å². The molecule has 0 saturated carbocycles. The Kier molecular flexibility index (Phi) is 3.71. The molecule has 1 heterocycles. The van der Waals surface area contributed by atoms with Gasteiger partial charge in [-0.15, -0.1) is 0 Å². The van der Waals surface area contributed by atoms with Crippen molar-refractivity contribution in [3.63, 3.8) is 0 Å². The van der Waals surface area contributed by atoms with E-state index >= 15 is 0 Å². The van der Waals surface area contributed by atoms with Gasteiger partial charge < -0.3 is 5.73 Å². The van der Waals surface area contributed by atoms with Crippen molar-refractivity contribution < 1.29 is 0 Å². The van der Waals surface area contributed by atoms with Gasteiger partial charge in [0.15, 0.2) is 0 Å². The standard InChI is InChI=1S/C13H14ClN3/c1-9-8-16-13(17-12(9)7-15)6-10-2-4-11(14)5-3-10/h2-5,8H,6-7,15H2,1H3. The zero-order valence-corrected chi connectivity index (χ0v) is 10.4. The van der Waals surface area contributed by atoms with Crippen molar-refractivity contribution in [1.82, 2.24) is 9.97 Å². The van der Waals surface area contributed by atoms with E-state index in [1.54, 1.807) is 0 Å². The highest BCUT2D eigenvalue weighted by atomic mass is 35.5. The Hall–Kier alpha value is -1.45. The first kappa shape index (κ1) is 12.0. The van der Waals surface area contributed by atoms with Crippen LogP contribution in [0.15, 0.2) is 30.5 Å². The van der Waals surface area contributed by atoms with E-state index in [2.05, 4.69) is 9.97 Å². The molecule has 1 aromatic carbocycles. The van der Waals surface area contributed by atoms with Gasteiger partial charge in [-0.25, -0.2) is 9.97 Å². The van der Waals surface area contributed by atoms with Crippen LogP contribution in [0.1, 0.15) is 22.6 Å². The lowest BCUT2D eigenvalue weighted by molar-refractivity contribution is 0.874. The van der Waals surface area contributed by atoms with Crippen molar-refractivity contribution in [2.24, 2.45) is 5.73 Å². The summed E-state index contributed by atoms with van der Waals surface area (Å²) in [6, 6.07) is 7.70. The number of aryl methyl sites for hydroxylation is 1. The molecule has 0 amide bonds. The molecule has 0 unspecified atom stereocenters. The van der Waals surface area contributed by atoms with Crippen molar-refractivity contribution in [2.45, 2.75) is 19.9 Å². The maximum Gasteiger partial charge on any atom is 0.132 e. The fraction of sp³-hybridized carbons (Fsp3) is 0.231. The highest BCUT2D eigenvalue weighted by molar-refractivity contribution is 6.30. The molecule has 2 N–H and O–H groups in total. The summed E-state index contributed by atoms with van der Waals surface area (Å²) in [7, 11) is 0. The van der Waals surface area contributed by atoms with Crippen molar-refractivity contribution in [3.05, 3.63) is 58.1 Å². The monoisotopic (exact) mass is 247 g/mol. The van der Waals surface area contributed by atoms with Gasteiger partial charge in [-0.05, 0) is 30.2 Å². The number of hydrogen-bond acceptors (Lipinski definition) is 3. The molecule has 2 aromatic rings. The maximum atomic E-state index is 5.84. The lowest BCUT2D eigenvalue weighted by atomic mass is 10.1. The predicted octanol–water partition coefficient (Wildman–Crippen LogP) is 2.49. The van der Waals surface area contributed by atoms with E-state index in [-0.39, 0.29) is 0 Å². The Morgan fingerprint density at radius 3 is 2.59 bits per heavy atom. The van der Waals surface area contributed by atoms with Crippen molar-refractivity contribution in [1.29, 1.82) is 0 Å². The molecular formula is C13H14ClN3. The molecule has 2 rings (SSSR count). The fourth-order valence-corrected chi connectivity index (χ4v) is 1.72. The molecule has 0 aliphatic rings. The second-order valence-corrected chi connectivity index (χ2v) is 4.36. The summed E-state index contributed by atoms with van der Waals surface area (Å²) >= 11 is 5.84. The predicted molar refractivity (Wildman–Crippen MR) is 68.9 cm³/mol. The highest BCUT2D eigenvalue weighted by Gasteiger charge is 2.03. The van der Waals surface area contributed by atoms with Crippen molar-refractivity contribution >= 4 is 11.6 Å². The molecule has 0 bridgehead atoms. The van der Waals surface area contributed by atoms with E-state index in [1.807, 2.05) is 37.4 Å². The van der Waals surface area contributed by atoms with Gasteiger partial charge in [-0.1, -0.05) is 23.7 Å². The zero-order chi connectivity index (χ0) is 12.3. The van der Waals surface area contributed by atoms with Gasteiger partial charge in [0.2, 0.25) is 0 Å². The minimum atomic E-state index is 0.446. The molecule has 3 nitrogen and oxygen atoms in total. The quantitative estimate of drug-likeness (QED) is 0.907. The van der Waals surface area contributed by atoms with Crippen molar-refractivity contribution in [2.75, 3.05) is 0 Å². The lowest BCUT2D eigenvalue weighted by Gasteiger charge is -2.05. The number of hydrogen-bond donors (Lipinski definition) is 1. The van der Waals surface area contributed by atoms with Gasteiger partial charge in [-0.3, -0.25) is 0 Å². The minimum Gasteiger partial charge on any atom is -0.325 e. The number of nitrogens with two attached hydrogens (primary N) is 1. The van der Waals surface area contributed by atoms with E-state index in [4.69, 9.17) is 17.3 Å². The molecule has 0 fully saturated rings. The lowest BCUT2D eigenvalue weighted by Crippen LogP contribution is -2.07. The molecule has 1 aromatic heterocycles. The third-order valence-corrected chi connectivity index (χ3v) is 2.85. The SMILES string of the molecule is Cc1cnc(Cc2ccc(Cl)cc2)nc1CN. The third kappa shape index (κ3) is 3.02. The molecule has 0 saturated heterocycles. The summed E-state index contributed by atoms with van der Waals surface area (Å²) in [6.45, 7) is 2.41. The molecule has 0 radical (unpaired) electrons. The van der Waals surface area contributed by atoms with Crippen molar-refractivity contribution in [3.8, 4) is 0 Å². The molecule has 17 heavy (non-hydrogen) atoms. The van der Waals surface area contributed by atoms with Crippen LogP contribution >= 0.6 is 11.6 Å². The molecule has 0 atom stereocenters. The zero-order valence-electron chi connectivity index (χ0n) is 9.65. The van der Waals surface area contributed by atoms with E-state index in [0.29, 0.717) is 13.0 Å². The van der Waals surface area contributed by atoms with Gasteiger partial charge in [0.05, 0.1) is 5.69 Å². The number of rotatable bonds is 3. The molecule has 0 spiro atoms. The Morgan fingerprint density at radius 1 is 1.24 bits per heavy atom. The molecule has 0 aliphatic carbocycles. The highest BCUT2D eigenvalue weighted by Crippen LogP contribution is 2.12. The van der Waals surface area contributed by atoms with Gasteiger partial charge >= 0.3 is 0 Å². The van der Waals surface area contributed by atoms with Crippen LogP contribution in [0.25, 0.3) is 0 Å². The summed E-state index contributed by atoms with van der Waals surface area (Å²) in [5, 5.41) is 0.737. The topological polar surface area (TPSA) is 51.8 Å². The van der Waals surface area contributed by atoms with Crippen LogP contribution in [0.5, 0.6) is 0 Å². The number of aromatic nitrogens is 2. The van der Waals surface area contributed by atoms with Crippen LogP contribution in [-0.2, 0) is 13.0 Å². The normalized spacial score (nSPS) is 10.5. The first-order valence-electron chi connectivity index (χ1n) is 5.45. The average molecular weight is 248 g/mol. The second-order valence-electron chi connectivity index (χ2n) is 3.92. The number of nitrogens with zero attached hydrogens (tertiary/aromatic N) is 2. The van der Waals surface area contributed by atoms with Crippen LogP contribution in [0.2, 0.25) is 5.02 Å².